The maximum absolute atomic E-state index is 12.1. The van der Waals surface area contributed by atoms with Gasteiger partial charge in [-0.2, -0.15) is 13.2 Å². The third-order valence-electron chi connectivity index (χ3n) is 3.72. The lowest BCUT2D eigenvalue weighted by atomic mass is 10.1. The van der Waals surface area contributed by atoms with Crippen LogP contribution in [0.2, 0.25) is 0 Å². The fraction of sp³-hybridized carbons (Fsp3) is 0.444. The van der Waals surface area contributed by atoms with Crippen LogP contribution in [0.5, 0.6) is 0 Å². The number of hydrogen-bond donors (Lipinski definition) is 2. The van der Waals surface area contributed by atoms with Gasteiger partial charge in [0.05, 0.1) is 18.8 Å². The van der Waals surface area contributed by atoms with E-state index in [1.165, 1.54) is 4.88 Å². The van der Waals surface area contributed by atoms with E-state index in [-0.39, 0.29) is 6.61 Å². The van der Waals surface area contributed by atoms with Gasteiger partial charge in [-0.15, -0.1) is 11.3 Å². The third kappa shape index (κ3) is 7.56. The van der Waals surface area contributed by atoms with E-state index in [2.05, 4.69) is 25.3 Å². The normalized spacial score (nSPS) is 12.3. The minimum absolute atomic E-state index is 0.0664. The van der Waals surface area contributed by atoms with Crippen LogP contribution in [0, 0.1) is 13.8 Å². The second-order valence-corrected chi connectivity index (χ2v) is 7.24. The average molecular weight is 400 g/mol. The maximum atomic E-state index is 12.1. The van der Waals surface area contributed by atoms with Crippen molar-refractivity contribution < 1.29 is 17.9 Å². The molecule has 0 bridgehead atoms. The van der Waals surface area contributed by atoms with Crippen LogP contribution in [0.1, 0.15) is 26.7 Å². The highest BCUT2D eigenvalue weighted by Crippen LogP contribution is 2.16. The molecule has 0 saturated heterocycles. The minimum Gasteiger partial charge on any atom is -0.367 e. The van der Waals surface area contributed by atoms with Crippen molar-refractivity contribution in [3.63, 3.8) is 0 Å². The average Bonchev–Trinajstić information content (AvgIpc) is 2.93. The zero-order valence-corrected chi connectivity index (χ0v) is 16.3. The van der Waals surface area contributed by atoms with Gasteiger partial charge in [0.1, 0.15) is 11.6 Å². The highest BCUT2D eigenvalue weighted by molar-refractivity contribution is 7.11. The highest BCUT2D eigenvalue weighted by atomic mass is 32.1. The summed E-state index contributed by atoms with van der Waals surface area (Å²) in [5.74, 6) is 0.651. The molecule has 2 N–H and O–H groups in total. The van der Waals surface area contributed by atoms with Crippen LogP contribution in [-0.2, 0) is 24.4 Å². The number of thiazole rings is 1. The second-order valence-electron chi connectivity index (χ2n) is 5.95. The van der Waals surface area contributed by atoms with Gasteiger partial charge in [0, 0.05) is 18.5 Å². The van der Waals surface area contributed by atoms with Crippen molar-refractivity contribution in [1.29, 1.82) is 0 Å². The lowest BCUT2D eigenvalue weighted by Gasteiger charge is -2.11. The number of nitrogens with zero attached hydrogens (tertiary/aromatic N) is 2. The molecule has 0 amide bonds. The number of rotatable bonds is 7. The van der Waals surface area contributed by atoms with Crippen molar-refractivity contribution in [1.82, 2.24) is 15.6 Å². The molecule has 0 atom stereocenters. The number of benzene rings is 1. The Morgan fingerprint density at radius 3 is 2.30 bits per heavy atom. The quantitative estimate of drug-likeness (QED) is 0.550. The van der Waals surface area contributed by atoms with Gasteiger partial charge in [0.25, 0.3) is 0 Å². The second kappa shape index (κ2) is 9.70. The van der Waals surface area contributed by atoms with Crippen LogP contribution in [-0.4, -0.2) is 30.8 Å². The molecule has 1 aromatic heterocycles. The number of aromatic nitrogens is 1. The van der Waals surface area contributed by atoms with Crippen LogP contribution >= 0.6 is 11.3 Å². The first-order valence-electron chi connectivity index (χ1n) is 8.36. The van der Waals surface area contributed by atoms with E-state index in [0.29, 0.717) is 24.6 Å². The Bertz CT molecular complexity index is 737. The molecule has 27 heavy (non-hydrogen) atoms. The third-order valence-corrected chi connectivity index (χ3v) is 4.79. The fourth-order valence-corrected chi connectivity index (χ4v) is 3.09. The van der Waals surface area contributed by atoms with Crippen LogP contribution in [0.4, 0.5) is 13.2 Å². The molecule has 0 spiro atoms. The Morgan fingerprint density at radius 1 is 1.11 bits per heavy atom. The smallest absolute Gasteiger partial charge is 0.367 e. The summed E-state index contributed by atoms with van der Waals surface area (Å²) in [5, 5.41) is 7.40. The SMILES string of the molecule is CN=C(NCc1ccc(COCC(F)(F)F)cc1)NCc1nc(C)c(C)s1. The van der Waals surface area contributed by atoms with Crippen LogP contribution < -0.4 is 10.6 Å². The number of nitrogens with one attached hydrogen (secondary N) is 2. The summed E-state index contributed by atoms with van der Waals surface area (Å²) in [6, 6.07) is 7.20. The molecule has 0 radical (unpaired) electrons. The van der Waals surface area contributed by atoms with E-state index in [0.717, 1.165) is 16.3 Å². The number of halogens is 3. The van der Waals surface area contributed by atoms with Crippen LogP contribution in [0.15, 0.2) is 29.3 Å². The summed E-state index contributed by atoms with van der Waals surface area (Å²) in [4.78, 5) is 9.85. The maximum Gasteiger partial charge on any atom is 0.411 e. The molecule has 9 heteroatoms. The van der Waals surface area contributed by atoms with E-state index in [1.807, 2.05) is 26.0 Å². The van der Waals surface area contributed by atoms with Gasteiger partial charge in [-0.05, 0) is 25.0 Å². The lowest BCUT2D eigenvalue weighted by Crippen LogP contribution is -2.36. The van der Waals surface area contributed by atoms with E-state index in [4.69, 9.17) is 0 Å². The van der Waals surface area contributed by atoms with Gasteiger partial charge in [0.2, 0.25) is 0 Å². The van der Waals surface area contributed by atoms with Crippen molar-refractivity contribution in [3.05, 3.63) is 51.0 Å². The zero-order chi connectivity index (χ0) is 19.9. The highest BCUT2D eigenvalue weighted by Gasteiger charge is 2.27. The van der Waals surface area contributed by atoms with Gasteiger partial charge < -0.3 is 15.4 Å². The van der Waals surface area contributed by atoms with E-state index < -0.39 is 12.8 Å². The monoisotopic (exact) mass is 400 g/mol. The summed E-state index contributed by atoms with van der Waals surface area (Å²) in [6.07, 6.45) is -4.30. The van der Waals surface area contributed by atoms with E-state index >= 15 is 0 Å². The summed E-state index contributed by atoms with van der Waals surface area (Å²) in [7, 11) is 1.69. The predicted molar refractivity (Wildman–Crippen MR) is 101 cm³/mol. The molecule has 1 heterocycles. The molecule has 0 saturated carbocycles. The van der Waals surface area contributed by atoms with Gasteiger partial charge in [-0.1, -0.05) is 24.3 Å². The van der Waals surface area contributed by atoms with Crippen molar-refractivity contribution >= 4 is 17.3 Å². The molecule has 148 valence electrons. The summed E-state index contributed by atoms with van der Waals surface area (Å²) in [6.45, 7) is 3.86. The number of alkyl halides is 3. The molecule has 0 aliphatic rings. The van der Waals surface area contributed by atoms with Gasteiger partial charge >= 0.3 is 6.18 Å². The molecule has 0 unspecified atom stereocenters. The standard InChI is InChI=1S/C18H23F3N4OS/c1-12-13(2)27-16(25-12)9-24-17(22-3)23-8-14-4-6-15(7-5-14)10-26-11-18(19,20)21/h4-7H,8-11H2,1-3H3,(H2,22,23,24). The van der Waals surface area contributed by atoms with Gasteiger partial charge in [-0.3, -0.25) is 4.99 Å². The molecule has 5 nitrogen and oxygen atoms in total. The van der Waals surface area contributed by atoms with E-state index in [1.54, 1.807) is 30.5 Å². The number of aryl methyl sites for hydroxylation is 2. The van der Waals surface area contributed by atoms with Crippen LogP contribution in [0.3, 0.4) is 0 Å². The van der Waals surface area contributed by atoms with Crippen molar-refractivity contribution in [3.8, 4) is 0 Å². The number of hydrogen-bond acceptors (Lipinski definition) is 4. The number of guanidine groups is 1. The zero-order valence-electron chi connectivity index (χ0n) is 15.5. The molecule has 2 aromatic rings. The Hall–Kier alpha value is -2.13. The van der Waals surface area contributed by atoms with Crippen LogP contribution in [0.25, 0.3) is 0 Å². The van der Waals surface area contributed by atoms with Gasteiger partial charge in [-0.25, -0.2) is 4.98 Å². The molecular formula is C18H23F3N4OS. The topological polar surface area (TPSA) is 58.5 Å². The fourth-order valence-electron chi connectivity index (χ4n) is 2.22. The Labute approximate surface area is 160 Å². The summed E-state index contributed by atoms with van der Waals surface area (Å²) in [5.41, 5.74) is 2.72. The predicted octanol–water partition coefficient (Wildman–Crippen LogP) is 3.70. The molecule has 2 rings (SSSR count). The Morgan fingerprint density at radius 2 is 1.74 bits per heavy atom. The van der Waals surface area contributed by atoms with Crippen molar-refractivity contribution in [2.75, 3.05) is 13.7 Å². The molecule has 0 fully saturated rings. The van der Waals surface area contributed by atoms with E-state index in [9.17, 15) is 13.2 Å². The molecule has 1 aromatic carbocycles. The lowest BCUT2D eigenvalue weighted by molar-refractivity contribution is -0.176. The molecule has 0 aliphatic heterocycles. The number of ether oxygens (including phenoxy) is 1. The molecular weight excluding hydrogens is 377 g/mol. The Balaban J connectivity index is 1.77. The molecule has 0 aliphatic carbocycles. The summed E-state index contributed by atoms with van der Waals surface area (Å²) < 4.78 is 40.9. The van der Waals surface area contributed by atoms with Crippen molar-refractivity contribution in [2.24, 2.45) is 4.99 Å². The largest absolute Gasteiger partial charge is 0.411 e. The number of aliphatic imine (C=N–C) groups is 1. The summed E-state index contributed by atoms with van der Waals surface area (Å²) >= 11 is 1.65. The van der Waals surface area contributed by atoms with Gasteiger partial charge in [0.15, 0.2) is 5.96 Å². The minimum atomic E-state index is -4.30. The van der Waals surface area contributed by atoms with Crippen molar-refractivity contribution in [2.45, 2.75) is 39.7 Å². The first-order chi connectivity index (χ1) is 12.8. The first kappa shape index (κ1) is 21.2. The first-order valence-corrected chi connectivity index (χ1v) is 9.18. The Kier molecular flexibility index (Phi) is 7.61.